The quantitative estimate of drug-likeness (QED) is 0.459. The first-order valence-corrected chi connectivity index (χ1v) is 10.4. The van der Waals surface area contributed by atoms with Crippen molar-refractivity contribution in [2.75, 3.05) is 0 Å². The second kappa shape index (κ2) is 9.61. The van der Waals surface area contributed by atoms with E-state index in [9.17, 15) is 0 Å². The molecule has 2 N–H and O–H groups in total. The van der Waals surface area contributed by atoms with E-state index >= 15 is 0 Å². The van der Waals surface area contributed by atoms with Crippen LogP contribution in [-0.2, 0) is 25.5 Å². The summed E-state index contributed by atoms with van der Waals surface area (Å²) in [6, 6.07) is 0. The topological polar surface area (TPSA) is 74.6 Å². The van der Waals surface area contributed by atoms with Crippen LogP contribution in [0.3, 0.4) is 0 Å². The summed E-state index contributed by atoms with van der Waals surface area (Å²) in [7, 11) is 5.24. The first kappa shape index (κ1) is 16.9. The number of halogens is 2. The summed E-state index contributed by atoms with van der Waals surface area (Å²) in [4.78, 5) is 0. The fourth-order valence-corrected chi connectivity index (χ4v) is 0. The molecule has 0 atom stereocenters. The molecule has 0 saturated carbocycles. The Morgan fingerprint density at radius 2 is 1.22 bits per heavy atom. The van der Waals surface area contributed by atoms with Gasteiger partial charge in [-0.05, 0) is 0 Å². The summed E-state index contributed by atoms with van der Waals surface area (Å²) in [5, 5.41) is 0. The predicted octanol–water partition coefficient (Wildman–Crippen LogP) is -0.460. The van der Waals surface area contributed by atoms with E-state index in [1.165, 1.54) is 0 Å². The number of hydrogen-bond donors (Lipinski definition) is 2. The van der Waals surface area contributed by atoms with Gasteiger partial charge >= 0.3 is 44.9 Å². The van der Waals surface area contributed by atoms with Gasteiger partial charge in [0.2, 0.25) is 0 Å². The van der Waals surface area contributed by atoms with Gasteiger partial charge in [-0.25, -0.2) is 0 Å². The monoisotopic (exact) mass is 262 g/mol. The van der Waals surface area contributed by atoms with Crippen LogP contribution in [0.15, 0.2) is 0 Å². The summed E-state index contributed by atoms with van der Waals surface area (Å²) in [5.41, 5.74) is 0. The van der Waals surface area contributed by atoms with Crippen LogP contribution in [-0.4, -0.2) is 34.9 Å². The van der Waals surface area contributed by atoms with Gasteiger partial charge in [-0.2, -0.15) is 8.42 Å². The van der Waals surface area contributed by atoms with Crippen molar-refractivity contribution in [3.8, 4) is 0 Å². The van der Waals surface area contributed by atoms with Crippen molar-refractivity contribution in [1.82, 2.24) is 0 Å². The van der Waals surface area contributed by atoms with Crippen molar-refractivity contribution in [2.45, 2.75) is 0 Å². The fraction of sp³-hybridized carbons (Fsp3) is 0. The summed E-state index contributed by atoms with van der Waals surface area (Å²) < 4.78 is 31.6. The number of rotatable bonds is 0. The summed E-state index contributed by atoms with van der Waals surface area (Å²) in [6.07, 6.45) is 0. The molecule has 4 nitrogen and oxygen atoms in total. The maximum atomic E-state index is 8.74. The molecule has 0 saturated heterocycles. The van der Waals surface area contributed by atoms with E-state index in [4.69, 9.17) is 36.9 Å². The van der Waals surface area contributed by atoms with Crippen molar-refractivity contribution in [1.29, 1.82) is 0 Å². The van der Waals surface area contributed by atoms with Gasteiger partial charge in [-0.1, -0.05) is 0 Å². The average Bonchev–Trinajstić information content (AvgIpc) is 1.27. The van der Waals surface area contributed by atoms with Gasteiger partial charge in [0, 0.05) is 0 Å². The Bertz CT molecular complexity index is 113. The predicted molar refractivity (Wildman–Crippen MR) is 35.8 cm³/mol. The first-order chi connectivity index (χ1) is 3.41. The Morgan fingerprint density at radius 3 is 1.22 bits per heavy atom. The van der Waals surface area contributed by atoms with E-state index in [2.05, 4.69) is 0 Å². The zero-order chi connectivity index (χ0) is 7.21. The summed E-state index contributed by atoms with van der Waals surface area (Å²) >= 11 is -0.931. The molecule has 0 fully saturated rings. The third-order valence-electron chi connectivity index (χ3n) is 0. The molecule has 0 amide bonds. The average molecular weight is 264 g/mol. The van der Waals surface area contributed by atoms with Crippen LogP contribution in [0.4, 0.5) is 0 Å². The van der Waals surface area contributed by atoms with Crippen molar-refractivity contribution in [3.05, 3.63) is 0 Å². The van der Waals surface area contributed by atoms with Gasteiger partial charge in [-0.3, -0.25) is 9.11 Å². The van der Waals surface area contributed by atoms with Crippen molar-refractivity contribution < 1.29 is 32.7 Å². The van der Waals surface area contributed by atoms with Crippen LogP contribution < -0.4 is 0 Å². The Kier molecular flexibility index (Phi) is 18.1. The van der Waals surface area contributed by atoms with E-state index in [1.54, 1.807) is 0 Å². The molecule has 0 aliphatic carbocycles. The zero-order valence-electron chi connectivity index (χ0n) is 3.58. The van der Waals surface area contributed by atoms with E-state index < -0.39 is 25.5 Å². The maximum absolute atomic E-state index is 8.74. The van der Waals surface area contributed by atoms with Crippen LogP contribution in [0.1, 0.15) is 0 Å². The SMILES string of the molecule is O=S(=O)(O)O.[AlH3].[Cl][Zn][Cl]. The molecular formula is H5AlCl2O4SZn. The third-order valence-corrected chi connectivity index (χ3v) is 0. The van der Waals surface area contributed by atoms with Crippen LogP contribution in [0.2, 0.25) is 0 Å². The second-order valence-electron chi connectivity index (χ2n) is 0.549. The normalized spacial score (nSPS) is 7.56. The summed E-state index contributed by atoms with van der Waals surface area (Å²) in [5.74, 6) is 0. The molecule has 9 heavy (non-hydrogen) atoms. The van der Waals surface area contributed by atoms with Gasteiger partial charge in [0.05, 0.1) is 0 Å². The van der Waals surface area contributed by atoms with Gasteiger partial charge in [0.1, 0.15) is 0 Å². The zero-order valence-corrected chi connectivity index (χ0v) is 8.88. The summed E-state index contributed by atoms with van der Waals surface area (Å²) in [6.45, 7) is 0. The van der Waals surface area contributed by atoms with Gasteiger partial charge in [0.25, 0.3) is 0 Å². The minimum absolute atomic E-state index is 0. The van der Waals surface area contributed by atoms with Crippen LogP contribution in [0.25, 0.3) is 0 Å². The fourth-order valence-electron chi connectivity index (χ4n) is 0. The molecule has 0 aliphatic rings. The minimum atomic E-state index is -4.67. The van der Waals surface area contributed by atoms with Crippen molar-refractivity contribution in [2.24, 2.45) is 0 Å². The van der Waals surface area contributed by atoms with Crippen LogP contribution in [0, 0.1) is 0 Å². The molecular weight excluding hydrogens is 259 g/mol. The molecule has 0 bridgehead atoms. The third kappa shape index (κ3) is 215. The molecule has 0 heterocycles. The second-order valence-corrected chi connectivity index (χ2v) is 6.07. The Labute approximate surface area is 79.3 Å². The molecule has 9 heteroatoms. The van der Waals surface area contributed by atoms with E-state index in [0.29, 0.717) is 0 Å². The van der Waals surface area contributed by atoms with Crippen molar-refractivity contribution >= 4 is 47.1 Å². The molecule has 0 radical (unpaired) electrons. The van der Waals surface area contributed by atoms with Gasteiger partial charge in [-0.15, -0.1) is 0 Å². The van der Waals surface area contributed by atoms with Crippen molar-refractivity contribution in [3.63, 3.8) is 0 Å². The molecule has 0 aromatic carbocycles. The van der Waals surface area contributed by atoms with E-state index in [1.807, 2.05) is 0 Å². The first-order valence-electron chi connectivity index (χ1n) is 1.23. The molecule has 0 spiro atoms. The molecule has 0 unspecified atom stereocenters. The molecule has 0 rings (SSSR count). The van der Waals surface area contributed by atoms with E-state index in [-0.39, 0.29) is 17.4 Å². The molecule has 0 aromatic heterocycles. The van der Waals surface area contributed by atoms with Gasteiger partial charge in [0.15, 0.2) is 17.4 Å². The Morgan fingerprint density at radius 1 is 1.22 bits per heavy atom. The Balaban J connectivity index is -0.0000000800. The molecule has 54 valence electrons. The van der Waals surface area contributed by atoms with Gasteiger partial charge < -0.3 is 0 Å². The standard InChI is InChI=1S/Al.2ClH.H2O4S.Zn.3H/c;;;1-5(2,3)4;;;;/h;2*1H;(H2,1,2,3,4);;;;/q;;;;+2;;;/p-2. The van der Waals surface area contributed by atoms with E-state index in [0.717, 1.165) is 0 Å². The molecule has 0 aromatic rings. The Hall–Kier alpha value is 1.61. The van der Waals surface area contributed by atoms with Crippen LogP contribution >= 0.6 is 19.4 Å². The van der Waals surface area contributed by atoms with Crippen LogP contribution in [0.5, 0.6) is 0 Å². The number of hydrogen-bond acceptors (Lipinski definition) is 2. The molecule has 0 aliphatic heterocycles.